The summed E-state index contributed by atoms with van der Waals surface area (Å²) < 4.78 is 6.66. The van der Waals surface area contributed by atoms with Crippen LogP contribution >= 0.6 is 27.5 Å². The minimum absolute atomic E-state index is 0.464. The van der Waals surface area contributed by atoms with E-state index in [1.807, 2.05) is 0 Å². The number of ether oxygens (including phenoxy) is 1. The van der Waals surface area contributed by atoms with Crippen molar-refractivity contribution in [3.05, 3.63) is 44.7 Å². The fraction of sp³-hybridized carbons (Fsp3) is 0.400. The molecule has 2 nitrogen and oxygen atoms in total. The van der Waals surface area contributed by atoms with Gasteiger partial charge in [0.25, 0.3) is 0 Å². The average Bonchev–Trinajstić information content (AvgIpc) is 2.31. The standard InChI is InChI=1S/C15H13BrClNO/c16-12-7-18-14(17)6-13(12)19-4-3-8-1-2-9-10-5-11(9)15(8)10/h2,6-7,10-11H,1,3-5H2. The van der Waals surface area contributed by atoms with Gasteiger partial charge in [0.2, 0.25) is 0 Å². The quantitative estimate of drug-likeness (QED) is 0.594. The summed E-state index contributed by atoms with van der Waals surface area (Å²) >= 11 is 9.30. The number of allylic oxidation sites excluding steroid dienone is 3. The molecule has 4 heteroatoms. The average molecular weight is 339 g/mol. The Morgan fingerprint density at radius 3 is 3.00 bits per heavy atom. The lowest BCUT2D eigenvalue weighted by Gasteiger charge is -2.59. The van der Waals surface area contributed by atoms with Crippen LogP contribution in [-0.4, -0.2) is 11.6 Å². The number of nitrogens with zero attached hydrogens (tertiary/aromatic N) is 1. The van der Waals surface area contributed by atoms with E-state index >= 15 is 0 Å². The van der Waals surface area contributed by atoms with Gasteiger partial charge in [0.15, 0.2) is 0 Å². The number of halogens is 2. The molecule has 5 rings (SSSR count). The SMILES string of the molecule is Clc1cc(OCCC2=C3C4CC3C4=CC2)c(Br)cn1. The lowest BCUT2D eigenvalue weighted by atomic mass is 9.45. The van der Waals surface area contributed by atoms with Gasteiger partial charge in [-0.15, -0.1) is 0 Å². The predicted octanol–water partition coefficient (Wildman–Crippen LogP) is 4.54. The van der Waals surface area contributed by atoms with E-state index in [1.54, 1.807) is 29.0 Å². The summed E-state index contributed by atoms with van der Waals surface area (Å²) in [6.07, 6.45) is 7.67. The normalized spacial score (nSPS) is 26.5. The Hall–Kier alpha value is -0.800. The Balaban J connectivity index is 1.39. The highest BCUT2D eigenvalue weighted by molar-refractivity contribution is 9.10. The van der Waals surface area contributed by atoms with Crippen LogP contribution in [0.1, 0.15) is 19.3 Å². The fourth-order valence-corrected chi connectivity index (χ4v) is 3.84. The first kappa shape index (κ1) is 12.0. The Labute approximate surface area is 125 Å². The van der Waals surface area contributed by atoms with E-state index < -0.39 is 0 Å². The number of hydrogen-bond acceptors (Lipinski definition) is 2. The third-order valence-electron chi connectivity index (χ3n) is 4.47. The summed E-state index contributed by atoms with van der Waals surface area (Å²) in [5.41, 5.74) is 5.05. The first-order valence-electron chi connectivity index (χ1n) is 6.59. The van der Waals surface area contributed by atoms with Crippen LogP contribution in [0, 0.1) is 11.8 Å². The van der Waals surface area contributed by atoms with E-state index in [9.17, 15) is 0 Å². The maximum Gasteiger partial charge on any atom is 0.138 e. The maximum absolute atomic E-state index is 5.87. The van der Waals surface area contributed by atoms with Gasteiger partial charge in [-0.25, -0.2) is 4.98 Å². The Morgan fingerprint density at radius 1 is 1.42 bits per heavy atom. The van der Waals surface area contributed by atoms with Crippen LogP contribution < -0.4 is 4.74 Å². The van der Waals surface area contributed by atoms with Gasteiger partial charge in [0.1, 0.15) is 10.9 Å². The third-order valence-corrected chi connectivity index (χ3v) is 5.27. The molecule has 2 unspecified atom stereocenters. The zero-order valence-corrected chi connectivity index (χ0v) is 12.7. The second-order valence-electron chi connectivity index (χ2n) is 5.34. The smallest absolute Gasteiger partial charge is 0.138 e. The van der Waals surface area contributed by atoms with Crippen LogP contribution in [0.4, 0.5) is 0 Å². The Kier molecular flexibility index (Phi) is 2.75. The highest BCUT2D eigenvalue weighted by Gasteiger charge is 2.54. The fourth-order valence-electron chi connectivity index (χ4n) is 3.36. The van der Waals surface area contributed by atoms with Gasteiger partial charge in [-0.3, -0.25) is 0 Å². The summed E-state index contributed by atoms with van der Waals surface area (Å²) in [6.45, 7) is 0.709. The van der Waals surface area contributed by atoms with Crippen molar-refractivity contribution in [3.63, 3.8) is 0 Å². The van der Waals surface area contributed by atoms with Gasteiger partial charge in [0, 0.05) is 30.5 Å². The van der Waals surface area contributed by atoms with Gasteiger partial charge >= 0.3 is 0 Å². The molecule has 0 radical (unpaired) electrons. The number of aromatic nitrogens is 1. The van der Waals surface area contributed by atoms with Crippen molar-refractivity contribution in [1.29, 1.82) is 0 Å². The van der Waals surface area contributed by atoms with Gasteiger partial charge in [-0.2, -0.15) is 0 Å². The molecule has 0 aliphatic heterocycles. The van der Waals surface area contributed by atoms with Crippen LogP contribution in [0.25, 0.3) is 0 Å². The van der Waals surface area contributed by atoms with Crippen LogP contribution in [0.5, 0.6) is 5.75 Å². The summed E-state index contributed by atoms with van der Waals surface area (Å²) in [5, 5.41) is 0.464. The molecule has 1 heterocycles. The minimum Gasteiger partial charge on any atom is -0.492 e. The topological polar surface area (TPSA) is 22.1 Å². The minimum atomic E-state index is 0.464. The van der Waals surface area contributed by atoms with Crippen molar-refractivity contribution < 1.29 is 4.74 Å². The second kappa shape index (κ2) is 4.35. The van der Waals surface area contributed by atoms with Crippen LogP contribution in [0.2, 0.25) is 5.15 Å². The van der Waals surface area contributed by atoms with Crippen molar-refractivity contribution in [2.75, 3.05) is 6.61 Å². The summed E-state index contributed by atoms with van der Waals surface area (Å²) in [6, 6.07) is 1.75. The Bertz CT molecular complexity index is 609. The van der Waals surface area contributed by atoms with Crippen LogP contribution in [0.15, 0.2) is 39.5 Å². The molecule has 4 bridgehead atoms. The Morgan fingerprint density at radius 2 is 2.26 bits per heavy atom. The van der Waals surface area contributed by atoms with Crippen molar-refractivity contribution in [2.45, 2.75) is 19.3 Å². The van der Waals surface area contributed by atoms with Gasteiger partial charge < -0.3 is 4.74 Å². The molecular formula is C15H13BrClNO. The second-order valence-corrected chi connectivity index (χ2v) is 6.59. The van der Waals surface area contributed by atoms with Crippen molar-refractivity contribution >= 4 is 27.5 Å². The molecule has 2 atom stereocenters. The zero-order chi connectivity index (χ0) is 13.0. The molecule has 1 aromatic heterocycles. The molecule has 0 N–H and O–H groups in total. The molecule has 1 aromatic rings. The van der Waals surface area contributed by atoms with Crippen molar-refractivity contribution in [1.82, 2.24) is 4.98 Å². The molecule has 0 saturated heterocycles. The number of rotatable bonds is 4. The van der Waals surface area contributed by atoms with E-state index in [4.69, 9.17) is 16.3 Å². The maximum atomic E-state index is 5.87. The molecule has 4 aliphatic carbocycles. The molecule has 98 valence electrons. The number of pyridine rings is 1. The third kappa shape index (κ3) is 1.78. The first-order chi connectivity index (χ1) is 9.24. The molecule has 19 heavy (non-hydrogen) atoms. The number of hydrogen-bond donors (Lipinski definition) is 0. The summed E-state index contributed by atoms with van der Waals surface area (Å²) in [5.74, 6) is 2.43. The highest BCUT2D eigenvalue weighted by Crippen LogP contribution is 2.66. The molecular weight excluding hydrogens is 326 g/mol. The molecule has 3 fully saturated rings. The molecule has 0 amide bonds. The van der Waals surface area contributed by atoms with E-state index in [0.29, 0.717) is 11.8 Å². The molecule has 0 aromatic carbocycles. The van der Waals surface area contributed by atoms with Crippen molar-refractivity contribution in [3.8, 4) is 5.75 Å². The highest BCUT2D eigenvalue weighted by atomic mass is 79.9. The van der Waals surface area contributed by atoms with E-state index in [1.165, 1.54) is 6.42 Å². The van der Waals surface area contributed by atoms with E-state index in [2.05, 4.69) is 27.0 Å². The van der Waals surface area contributed by atoms with Gasteiger partial charge in [-0.1, -0.05) is 34.4 Å². The molecule has 3 saturated carbocycles. The van der Waals surface area contributed by atoms with E-state index in [-0.39, 0.29) is 0 Å². The lowest BCUT2D eigenvalue weighted by Crippen LogP contribution is -2.48. The van der Waals surface area contributed by atoms with Crippen LogP contribution in [0.3, 0.4) is 0 Å². The first-order valence-corrected chi connectivity index (χ1v) is 7.76. The van der Waals surface area contributed by atoms with Crippen molar-refractivity contribution in [2.24, 2.45) is 11.8 Å². The molecule has 0 spiro atoms. The summed E-state index contributed by atoms with van der Waals surface area (Å²) in [7, 11) is 0. The van der Waals surface area contributed by atoms with Gasteiger partial charge in [0.05, 0.1) is 11.1 Å². The van der Waals surface area contributed by atoms with Crippen LogP contribution in [-0.2, 0) is 0 Å². The lowest BCUT2D eigenvalue weighted by molar-refractivity contribution is 0.232. The summed E-state index contributed by atoms with van der Waals surface area (Å²) in [4.78, 5) is 3.99. The monoisotopic (exact) mass is 337 g/mol. The van der Waals surface area contributed by atoms with Gasteiger partial charge in [-0.05, 0) is 28.8 Å². The predicted molar refractivity (Wildman–Crippen MR) is 78.4 cm³/mol. The molecule has 4 aliphatic rings. The zero-order valence-electron chi connectivity index (χ0n) is 10.3. The van der Waals surface area contributed by atoms with E-state index in [0.717, 1.165) is 34.9 Å². The largest absolute Gasteiger partial charge is 0.492 e.